The van der Waals surface area contributed by atoms with Crippen LogP contribution in [0.5, 0.6) is 23.0 Å². The number of hydrogen-bond donors (Lipinski definition) is 3. The van der Waals surface area contributed by atoms with E-state index in [0.717, 1.165) is 0 Å². The number of para-hydroxylation sites is 1. The Bertz CT molecular complexity index is 1030. The van der Waals surface area contributed by atoms with Gasteiger partial charge in [0.15, 0.2) is 11.5 Å². The second-order valence-electron chi connectivity index (χ2n) is 6.47. The number of hydrogen-bond acceptors (Lipinski definition) is 6. The van der Waals surface area contributed by atoms with Crippen molar-refractivity contribution in [2.45, 2.75) is 6.42 Å². The molecule has 0 saturated heterocycles. The number of benzene rings is 3. The fourth-order valence-corrected chi connectivity index (χ4v) is 2.79. The number of ether oxygens (including phenoxy) is 2. The highest BCUT2D eigenvalue weighted by molar-refractivity contribution is 6.02. The fraction of sp³-hybridized carbons (Fsp3) is 0.130. The van der Waals surface area contributed by atoms with E-state index in [9.17, 15) is 14.7 Å². The summed E-state index contributed by atoms with van der Waals surface area (Å²) in [5.74, 6) is 1.12. The van der Waals surface area contributed by atoms with Crippen LogP contribution in [0.4, 0.5) is 5.69 Å². The van der Waals surface area contributed by atoms with Gasteiger partial charge in [-0.25, -0.2) is 0 Å². The Morgan fingerprint density at radius 3 is 2.30 bits per heavy atom. The molecule has 7 nitrogen and oxygen atoms in total. The molecule has 0 fully saturated rings. The maximum Gasteiger partial charge on any atom is 0.251 e. The van der Waals surface area contributed by atoms with E-state index in [1.54, 1.807) is 61.7 Å². The van der Waals surface area contributed by atoms with Gasteiger partial charge < -0.3 is 25.6 Å². The summed E-state index contributed by atoms with van der Waals surface area (Å²) < 4.78 is 10.8. The number of nitrogen functional groups attached to an aromatic ring is 1. The van der Waals surface area contributed by atoms with E-state index in [-0.39, 0.29) is 36.1 Å². The van der Waals surface area contributed by atoms with Gasteiger partial charge in [0, 0.05) is 24.1 Å². The van der Waals surface area contributed by atoms with E-state index in [4.69, 9.17) is 15.2 Å². The molecule has 7 heteroatoms. The Hall–Kier alpha value is -4.00. The van der Waals surface area contributed by atoms with Crippen LogP contribution in [0.1, 0.15) is 27.1 Å². The minimum atomic E-state index is -0.275. The molecule has 0 unspecified atom stereocenters. The molecular weight excluding hydrogens is 384 g/mol. The van der Waals surface area contributed by atoms with Crippen LogP contribution in [0.3, 0.4) is 0 Å². The van der Waals surface area contributed by atoms with E-state index in [0.29, 0.717) is 28.4 Å². The molecule has 0 aliphatic carbocycles. The van der Waals surface area contributed by atoms with Gasteiger partial charge in [-0.05, 0) is 60.7 Å². The van der Waals surface area contributed by atoms with Crippen molar-refractivity contribution < 1.29 is 24.2 Å². The molecule has 0 spiro atoms. The Balaban J connectivity index is 1.59. The summed E-state index contributed by atoms with van der Waals surface area (Å²) in [6, 6.07) is 17.8. The number of ketones is 1. The average molecular weight is 406 g/mol. The summed E-state index contributed by atoms with van der Waals surface area (Å²) in [5, 5.41) is 12.1. The number of nitrogens with two attached hydrogens (primary N) is 1. The number of phenolic OH excluding ortho intramolecular Hbond substituents is 1. The van der Waals surface area contributed by atoms with Crippen molar-refractivity contribution in [2.75, 3.05) is 19.4 Å². The zero-order valence-electron chi connectivity index (χ0n) is 16.4. The van der Waals surface area contributed by atoms with Gasteiger partial charge in [0.1, 0.15) is 17.2 Å². The number of rotatable bonds is 8. The highest BCUT2D eigenvalue weighted by Crippen LogP contribution is 2.31. The Morgan fingerprint density at radius 1 is 0.967 bits per heavy atom. The number of carbonyl (C=O) groups is 2. The minimum Gasteiger partial charge on any atom is -0.508 e. The van der Waals surface area contributed by atoms with Crippen molar-refractivity contribution in [1.82, 2.24) is 5.32 Å². The first-order valence-corrected chi connectivity index (χ1v) is 9.29. The predicted octanol–water partition coefficient (Wildman–Crippen LogP) is 3.78. The van der Waals surface area contributed by atoms with Gasteiger partial charge in [0.25, 0.3) is 5.91 Å². The van der Waals surface area contributed by atoms with Crippen LogP contribution in [0, 0.1) is 0 Å². The molecule has 30 heavy (non-hydrogen) atoms. The molecule has 3 aromatic rings. The van der Waals surface area contributed by atoms with Crippen LogP contribution in [0.25, 0.3) is 0 Å². The molecule has 0 aliphatic heterocycles. The second-order valence-corrected chi connectivity index (χ2v) is 6.47. The molecule has 4 N–H and O–H groups in total. The van der Waals surface area contributed by atoms with Gasteiger partial charge in [0.2, 0.25) is 0 Å². The maximum atomic E-state index is 12.6. The number of amides is 1. The van der Waals surface area contributed by atoms with E-state index in [2.05, 4.69) is 5.32 Å². The zero-order chi connectivity index (χ0) is 21.5. The molecule has 3 rings (SSSR count). The quantitative estimate of drug-likeness (QED) is 0.388. The normalized spacial score (nSPS) is 10.3. The average Bonchev–Trinajstić information content (AvgIpc) is 2.76. The number of methoxy groups -OCH3 is 1. The van der Waals surface area contributed by atoms with Gasteiger partial charge in [-0.1, -0.05) is 6.07 Å². The number of phenols is 1. The largest absolute Gasteiger partial charge is 0.508 e. The van der Waals surface area contributed by atoms with Gasteiger partial charge >= 0.3 is 0 Å². The highest BCUT2D eigenvalue weighted by Gasteiger charge is 2.15. The standard InChI is InChI=1S/C23H22N2O5/c1-29-17-9-5-15(6-10-17)23(28)25-14-13-20(27)19-3-2-4-21(22(19)24)30-18-11-7-16(26)8-12-18/h2-12,26H,13-14,24H2,1H3,(H,25,28). The monoisotopic (exact) mass is 406 g/mol. The summed E-state index contributed by atoms with van der Waals surface area (Å²) in [7, 11) is 1.55. The van der Waals surface area contributed by atoms with Crippen molar-refractivity contribution in [3.63, 3.8) is 0 Å². The smallest absolute Gasteiger partial charge is 0.251 e. The highest BCUT2D eigenvalue weighted by atomic mass is 16.5. The SMILES string of the molecule is COc1ccc(C(=O)NCCC(=O)c2cccc(Oc3ccc(O)cc3)c2N)cc1. The Kier molecular flexibility index (Phi) is 6.54. The van der Waals surface area contributed by atoms with E-state index < -0.39 is 0 Å². The molecule has 0 aliphatic rings. The number of Topliss-reactive ketones (excluding diaryl/α,β-unsaturated/α-hetero) is 1. The van der Waals surface area contributed by atoms with Crippen LogP contribution in [0.15, 0.2) is 66.7 Å². The third-order valence-electron chi connectivity index (χ3n) is 4.42. The Labute approximate surface area is 174 Å². The molecule has 154 valence electrons. The number of nitrogens with one attached hydrogen (secondary N) is 1. The van der Waals surface area contributed by atoms with Crippen LogP contribution < -0.4 is 20.5 Å². The summed E-state index contributed by atoms with van der Waals surface area (Å²) in [5.41, 5.74) is 7.14. The van der Waals surface area contributed by atoms with Crippen LogP contribution in [-0.4, -0.2) is 30.5 Å². The van der Waals surface area contributed by atoms with Gasteiger partial charge in [0.05, 0.1) is 12.8 Å². The molecular formula is C23H22N2O5. The Morgan fingerprint density at radius 2 is 1.63 bits per heavy atom. The topological polar surface area (TPSA) is 111 Å². The summed E-state index contributed by atoms with van der Waals surface area (Å²) in [6.45, 7) is 0.173. The van der Waals surface area contributed by atoms with Crippen molar-refractivity contribution in [1.29, 1.82) is 0 Å². The van der Waals surface area contributed by atoms with Gasteiger partial charge in [-0.2, -0.15) is 0 Å². The second kappa shape index (κ2) is 9.47. The fourth-order valence-electron chi connectivity index (χ4n) is 2.79. The summed E-state index contributed by atoms with van der Waals surface area (Å²) >= 11 is 0. The van der Waals surface area contributed by atoms with Crippen LogP contribution >= 0.6 is 0 Å². The number of aromatic hydroxyl groups is 1. The number of anilines is 1. The van der Waals surface area contributed by atoms with Gasteiger partial charge in [-0.3, -0.25) is 9.59 Å². The van der Waals surface area contributed by atoms with Crippen molar-refractivity contribution in [3.8, 4) is 23.0 Å². The van der Waals surface area contributed by atoms with E-state index in [1.807, 2.05) is 0 Å². The lowest BCUT2D eigenvalue weighted by Gasteiger charge is -2.12. The molecule has 3 aromatic carbocycles. The van der Waals surface area contributed by atoms with Gasteiger partial charge in [-0.15, -0.1) is 0 Å². The molecule has 0 saturated carbocycles. The third-order valence-corrected chi connectivity index (χ3v) is 4.42. The minimum absolute atomic E-state index is 0.0920. The van der Waals surface area contributed by atoms with E-state index in [1.165, 1.54) is 12.1 Å². The first-order chi connectivity index (χ1) is 14.5. The first-order valence-electron chi connectivity index (χ1n) is 9.29. The van der Waals surface area contributed by atoms with Crippen molar-refractivity contribution >= 4 is 17.4 Å². The zero-order valence-corrected chi connectivity index (χ0v) is 16.4. The number of carbonyl (C=O) groups excluding carboxylic acids is 2. The lowest BCUT2D eigenvalue weighted by molar-refractivity contribution is 0.0940. The lowest BCUT2D eigenvalue weighted by Crippen LogP contribution is -2.26. The predicted molar refractivity (Wildman–Crippen MR) is 113 cm³/mol. The maximum absolute atomic E-state index is 12.6. The lowest BCUT2D eigenvalue weighted by atomic mass is 10.1. The summed E-state index contributed by atoms with van der Waals surface area (Å²) in [6.07, 6.45) is 0.0920. The van der Waals surface area contributed by atoms with Crippen LogP contribution in [0.2, 0.25) is 0 Å². The molecule has 0 heterocycles. The van der Waals surface area contributed by atoms with Crippen molar-refractivity contribution in [2.24, 2.45) is 0 Å². The van der Waals surface area contributed by atoms with Crippen LogP contribution in [-0.2, 0) is 0 Å². The summed E-state index contributed by atoms with van der Waals surface area (Å²) in [4.78, 5) is 24.8. The molecule has 1 amide bonds. The van der Waals surface area contributed by atoms with Crippen molar-refractivity contribution in [3.05, 3.63) is 77.9 Å². The molecule has 0 bridgehead atoms. The third kappa shape index (κ3) is 5.08. The van der Waals surface area contributed by atoms with E-state index >= 15 is 0 Å². The molecule has 0 atom stereocenters. The molecule has 0 radical (unpaired) electrons. The molecule has 0 aromatic heterocycles. The first kappa shape index (κ1) is 20.7.